The number of ether oxygens (including phenoxy) is 1. The summed E-state index contributed by atoms with van der Waals surface area (Å²) in [6.45, 7) is 2.85. The summed E-state index contributed by atoms with van der Waals surface area (Å²) in [5.41, 5.74) is 0. The van der Waals surface area contributed by atoms with Gasteiger partial charge in [0.25, 0.3) is 0 Å². The Bertz CT molecular complexity index is 545. The van der Waals surface area contributed by atoms with Crippen molar-refractivity contribution in [2.75, 3.05) is 31.2 Å². The van der Waals surface area contributed by atoms with Crippen LogP contribution in [-0.4, -0.2) is 51.2 Å². The fourth-order valence-corrected chi connectivity index (χ4v) is 2.54. The number of H-pyrrole nitrogens is 1. The number of aromatic amines is 1. The molecular weight excluding hydrogens is 288 g/mol. The first-order valence-corrected chi connectivity index (χ1v) is 6.92. The molecule has 1 fully saturated rings. The van der Waals surface area contributed by atoms with Crippen LogP contribution in [0.4, 0.5) is 5.95 Å². The van der Waals surface area contributed by atoms with Gasteiger partial charge in [-0.05, 0) is 23.4 Å². The highest BCUT2D eigenvalue weighted by Gasteiger charge is 2.16. The smallest absolute Gasteiger partial charge is 0.230 e. The molecule has 0 aromatic carbocycles. The number of anilines is 1. The Labute approximate surface area is 118 Å². The molecule has 7 nitrogen and oxygen atoms in total. The van der Waals surface area contributed by atoms with Crippen LogP contribution in [0.5, 0.6) is 0 Å². The Balaban J connectivity index is 1.82. The Morgan fingerprint density at radius 2 is 2.11 bits per heavy atom. The maximum Gasteiger partial charge on any atom is 0.230 e. The van der Waals surface area contributed by atoms with Gasteiger partial charge in [0.05, 0.1) is 13.2 Å². The van der Waals surface area contributed by atoms with Crippen molar-refractivity contribution in [3.8, 4) is 0 Å². The lowest BCUT2D eigenvalue weighted by molar-refractivity contribution is 0.122. The van der Waals surface area contributed by atoms with Crippen LogP contribution in [0.1, 0.15) is 0 Å². The van der Waals surface area contributed by atoms with Crippen molar-refractivity contribution in [2.45, 2.75) is 10.3 Å². The first-order valence-electron chi connectivity index (χ1n) is 5.73. The molecule has 0 atom stereocenters. The third-order valence-electron chi connectivity index (χ3n) is 2.53. The minimum Gasteiger partial charge on any atom is -0.378 e. The highest BCUT2D eigenvalue weighted by molar-refractivity contribution is 7.99. The fraction of sp³-hybridized carbons (Fsp3) is 0.400. The molecule has 1 saturated heterocycles. The summed E-state index contributed by atoms with van der Waals surface area (Å²) in [7, 11) is 0. The van der Waals surface area contributed by atoms with E-state index in [0.29, 0.717) is 24.3 Å². The van der Waals surface area contributed by atoms with Crippen LogP contribution in [0.2, 0.25) is 5.28 Å². The first kappa shape index (κ1) is 12.6. The average molecular weight is 299 g/mol. The monoisotopic (exact) mass is 298 g/mol. The maximum atomic E-state index is 5.95. The van der Waals surface area contributed by atoms with Crippen molar-refractivity contribution in [2.24, 2.45) is 0 Å². The second kappa shape index (κ2) is 5.72. The van der Waals surface area contributed by atoms with Crippen LogP contribution in [0.15, 0.2) is 22.7 Å². The zero-order valence-electron chi connectivity index (χ0n) is 9.91. The largest absolute Gasteiger partial charge is 0.378 e. The van der Waals surface area contributed by atoms with Gasteiger partial charge in [-0.3, -0.25) is 0 Å². The normalized spacial score (nSPS) is 15.7. The quantitative estimate of drug-likeness (QED) is 0.913. The average Bonchev–Trinajstić information content (AvgIpc) is 2.92. The van der Waals surface area contributed by atoms with Crippen molar-refractivity contribution >= 4 is 29.3 Å². The van der Waals surface area contributed by atoms with Crippen LogP contribution in [0.25, 0.3) is 0 Å². The molecule has 0 radical (unpaired) electrons. The van der Waals surface area contributed by atoms with E-state index in [9.17, 15) is 0 Å². The molecule has 100 valence electrons. The molecule has 0 amide bonds. The number of hydrogen-bond acceptors (Lipinski definition) is 7. The minimum absolute atomic E-state index is 0.186. The van der Waals surface area contributed by atoms with Crippen LogP contribution in [-0.2, 0) is 4.74 Å². The van der Waals surface area contributed by atoms with Crippen molar-refractivity contribution in [3.63, 3.8) is 0 Å². The Hall–Kier alpha value is -1.38. The molecule has 1 aliphatic heterocycles. The Kier molecular flexibility index (Phi) is 3.81. The van der Waals surface area contributed by atoms with E-state index in [1.165, 1.54) is 11.8 Å². The van der Waals surface area contributed by atoms with Crippen LogP contribution in [0.3, 0.4) is 0 Å². The van der Waals surface area contributed by atoms with Gasteiger partial charge in [0.1, 0.15) is 0 Å². The topological polar surface area (TPSA) is 79.8 Å². The molecule has 19 heavy (non-hydrogen) atoms. The van der Waals surface area contributed by atoms with E-state index in [1.54, 1.807) is 12.4 Å². The third-order valence-corrected chi connectivity index (χ3v) is 3.48. The molecule has 0 bridgehead atoms. The van der Waals surface area contributed by atoms with Gasteiger partial charge >= 0.3 is 0 Å². The predicted molar refractivity (Wildman–Crippen MR) is 70.6 cm³/mol. The van der Waals surface area contributed by atoms with Crippen molar-refractivity contribution < 1.29 is 4.74 Å². The van der Waals surface area contributed by atoms with Crippen LogP contribution >= 0.6 is 23.4 Å². The highest BCUT2D eigenvalue weighted by Crippen LogP contribution is 2.23. The summed E-state index contributed by atoms with van der Waals surface area (Å²) in [5.74, 6) is 0.581. The number of hydrogen-bond donors (Lipinski definition) is 1. The van der Waals surface area contributed by atoms with Gasteiger partial charge in [-0.25, -0.2) is 4.98 Å². The Morgan fingerprint density at radius 1 is 1.26 bits per heavy atom. The predicted octanol–water partition coefficient (Wildman–Crippen LogP) is 1.24. The van der Waals surface area contributed by atoms with Gasteiger partial charge in [-0.2, -0.15) is 15.0 Å². The van der Waals surface area contributed by atoms with Gasteiger partial charge in [0, 0.05) is 25.5 Å². The van der Waals surface area contributed by atoms with Crippen LogP contribution in [0, 0.1) is 0 Å². The van der Waals surface area contributed by atoms with Gasteiger partial charge < -0.3 is 14.6 Å². The van der Waals surface area contributed by atoms with Crippen LogP contribution < -0.4 is 4.90 Å². The summed E-state index contributed by atoms with van der Waals surface area (Å²) < 4.78 is 5.30. The Morgan fingerprint density at radius 3 is 2.84 bits per heavy atom. The van der Waals surface area contributed by atoms with E-state index in [4.69, 9.17) is 16.3 Å². The zero-order valence-corrected chi connectivity index (χ0v) is 11.5. The molecule has 9 heteroatoms. The molecular formula is C10H11ClN6OS. The summed E-state index contributed by atoms with van der Waals surface area (Å²) in [4.78, 5) is 21.8. The SMILES string of the molecule is Clc1nc(Sc2ncc[nH]2)nc(N2CCOCC2)n1. The number of rotatable bonds is 3. The lowest BCUT2D eigenvalue weighted by atomic mass is 10.4. The number of aromatic nitrogens is 5. The van der Waals surface area contributed by atoms with E-state index in [1.807, 2.05) is 4.90 Å². The maximum absolute atomic E-state index is 5.95. The van der Waals surface area contributed by atoms with Crippen molar-refractivity contribution in [1.29, 1.82) is 0 Å². The molecule has 1 N–H and O–H groups in total. The zero-order chi connectivity index (χ0) is 13.1. The van der Waals surface area contributed by atoms with Crippen molar-refractivity contribution in [3.05, 3.63) is 17.7 Å². The molecule has 0 aliphatic carbocycles. The van der Waals surface area contributed by atoms with Gasteiger partial charge in [0.15, 0.2) is 5.16 Å². The van der Waals surface area contributed by atoms with E-state index in [0.717, 1.165) is 18.2 Å². The number of morpholine rings is 1. The summed E-state index contributed by atoms with van der Waals surface area (Å²) in [6, 6.07) is 0. The van der Waals surface area contributed by atoms with Gasteiger partial charge in [-0.15, -0.1) is 0 Å². The van der Waals surface area contributed by atoms with E-state index in [2.05, 4.69) is 24.9 Å². The van der Waals surface area contributed by atoms with Crippen molar-refractivity contribution in [1.82, 2.24) is 24.9 Å². The van der Waals surface area contributed by atoms with E-state index in [-0.39, 0.29) is 5.28 Å². The third kappa shape index (κ3) is 3.14. The number of halogens is 1. The summed E-state index contributed by atoms with van der Waals surface area (Å²) in [5, 5.41) is 1.43. The molecule has 2 aromatic heterocycles. The number of nitrogens with one attached hydrogen (secondary N) is 1. The van der Waals surface area contributed by atoms with Gasteiger partial charge in [-0.1, -0.05) is 0 Å². The second-order valence-electron chi connectivity index (χ2n) is 3.78. The molecule has 3 heterocycles. The second-order valence-corrected chi connectivity index (χ2v) is 5.08. The lowest BCUT2D eigenvalue weighted by Gasteiger charge is -2.26. The standard InChI is InChI=1S/C10H11ClN6OS/c11-7-14-8(17-3-5-18-6-4-17)16-10(15-7)19-9-12-1-2-13-9/h1-2H,3-6H2,(H,12,13). The highest BCUT2D eigenvalue weighted by atomic mass is 35.5. The molecule has 2 aromatic rings. The molecule has 1 aliphatic rings. The molecule has 0 unspecified atom stereocenters. The lowest BCUT2D eigenvalue weighted by Crippen LogP contribution is -2.37. The minimum atomic E-state index is 0.186. The summed E-state index contributed by atoms with van der Waals surface area (Å²) in [6.07, 6.45) is 3.42. The van der Waals surface area contributed by atoms with E-state index >= 15 is 0 Å². The van der Waals surface area contributed by atoms with E-state index < -0.39 is 0 Å². The summed E-state index contributed by atoms with van der Waals surface area (Å²) >= 11 is 7.26. The first-order chi connectivity index (χ1) is 9.31. The molecule has 0 spiro atoms. The fourth-order valence-electron chi connectivity index (χ4n) is 1.67. The van der Waals surface area contributed by atoms with Gasteiger partial charge in [0.2, 0.25) is 16.4 Å². The molecule has 0 saturated carbocycles. The number of nitrogens with zero attached hydrogens (tertiary/aromatic N) is 5. The number of imidazole rings is 1. The molecule has 3 rings (SSSR count).